The fourth-order valence-corrected chi connectivity index (χ4v) is 3.65. The number of aromatic nitrogens is 2. The van der Waals surface area contributed by atoms with Gasteiger partial charge in [0, 0.05) is 22.1 Å². The van der Waals surface area contributed by atoms with Gasteiger partial charge in [0.15, 0.2) is 0 Å². The molecule has 1 aromatic heterocycles. The summed E-state index contributed by atoms with van der Waals surface area (Å²) >= 11 is 3.52. The first-order chi connectivity index (χ1) is 12.1. The smallest absolute Gasteiger partial charge is 0.133 e. The first-order valence-electron chi connectivity index (χ1n) is 8.83. The van der Waals surface area contributed by atoms with E-state index in [1.807, 2.05) is 0 Å². The molecule has 3 aromatic rings. The van der Waals surface area contributed by atoms with Crippen LogP contribution in [0.2, 0.25) is 0 Å². The zero-order valence-corrected chi connectivity index (χ0v) is 16.2. The summed E-state index contributed by atoms with van der Waals surface area (Å²) in [4.78, 5) is 0. The van der Waals surface area contributed by atoms with Crippen LogP contribution in [0.5, 0.6) is 0 Å². The molecule has 3 nitrogen and oxygen atoms in total. The quantitative estimate of drug-likeness (QED) is 0.605. The molecule has 1 aliphatic rings. The number of benzene rings is 2. The van der Waals surface area contributed by atoms with Gasteiger partial charge in [-0.05, 0) is 68.5 Å². The number of nitrogens with zero attached hydrogens (tertiary/aromatic N) is 2. The molecule has 2 heterocycles. The van der Waals surface area contributed by atoms with Crippen LogP contribution < -0.4 is 5.32 Å². The highest BCUT2D eigenvalue weighted by atomic mass is 79.9. The lowest BCUT2D eigenvalue weighted by atomic mass is 10.0. The van der Waals surface area contributed by atoms with E-state index in [-0.39, 0.29) is 0 Å². The zero-order chi connectivity index (χ0) is 17.4. The Kier molecular flexibility index (Phi) is 4.38. The number of anilines is 1. The molecular weight excluding hydrogens is 374 g/mol. The van der Waals surface area contributed by atoms with Crippen molar-refractivity contribution in [3.63, 3.8) is 0 Å². The predicted octanol–water partition coefficient (Wildman–Crippen LogP) is 5.67. The summed E-state index contributed by atoms with van der Waals surface area (Å²) < 4.78 is 3.18. The van der Waals surface area contributed by atoms with E-state index in [4.69, 9.17) is 5.10 Å². The Morgan fingerprint density at radius 2 is 1.80 bits per heavy atom. The maximum atomic E-state index is 5.01. The Morgan fingerprint density at radius 3 is 2.56 bits per heavy atom. The lowest BCUT2D eigenvalue weighted by Crippen LogP contribution is -2.07. The molecule has 0 fully saturated rings. The van der Waals surface area contributed by atoms with Gasteiger partial charge in [-0.15, -0.1) is 0 Å². The van der Waals surface area contributed by atoms with E-state index in [1.165, 1.54) is 35.1 Å². The molecule has 0 amide bonds. The minimum atomic E-state index is 1.00. The molecule has 128 valence electrons. The topological polar surface area (TPSA) is 29.9 Å². The molecule has 0 spiro atoms. The molecule has 0 atom stereocenters. The van der Waals surface area contributed by atoms with Crippen molar-refractivity contribution in [2.45, 2.75) is 33.1 Å². The van der Waals surface area contributed by atoms with Crippen molar-refractivity contribution in [2.24, 2.45) is 0 Å². The number of rotatable bonds is 2. The van der Waals surface area contributed by atoms with E-state index in [9.17, 15) is 0 Å². The van der Waals surface area contributed by atoms with Crippen LogP contribution in [0.1, 0.15) is 29.5 Å². The van der Waals surface area contributed by atoms with Crippen LogP contribution in [-0.2, 0) is 6.42 Å². The zero-order valence-electron chi connectivity index (χ0n) is 14.6. The van der Waals surface area contributed by atoms with Gasteiger partial charge in [0.05, 0.1) is 11.4 Å². The van der Waals surface area contributed by atoms with Crippen molar-refractivity contribution in [1.82, 2.24) is 9.78 Å². The van der Waals surface area contributed by atoms with Crippen LogP contribution in [0.25, 0.3) is 16.9 Å². The normalized spacial score (nSPS) is 13.9. The molecule has 2 aromatic carbocycles. The van der Waals surface area contributed by atoms with Gasteiger partial charge in [0.25, 0.3) is 0 Å². The third-order valence-electron chi connectivity index (χ3n) is 4.98. The van der Waals surface area contributed by atoms with Gasteiger partial charge in [-0.1, -0.05) is 34.1 Å². The fraction of sp³-hybridized carbons (Fsp3) is 0.286. The van der Waals surface area contributed by atoms with Gasteiger partial charge >= 0.3 is 0 Å². The van der Waals surface area contributed by atoms with E-state index in [2.05, 4.69) is 82.2 Å². The van der Waals surface area contributed by atoms with E-state index < -0.39 is 0 Å². The minimum absolute atomic E-state index is 1.00. The summed E-state index contributed by atoms with van der Waals surface area (Å²) in [5.74, 6) is 1.15. The average molecular weight is 396 g/mol. The van der Waals surface area contributed by atoms with Gasteiger partial charge in [0.2, 0.25) is 0 Å². The van der Waals surface area contributed by atoms with Crippen molar-refractivity contribution >= 4 is 21.7 Å². The van der Waals surface area contributed by atoms with E-state index >= 15 is 0 Å². The van der Waals surface area contributed by atoms with Crippen molar-refractivity contribution in [2.75, 3.05) is 11.9 Å². The minimum Gasteiger partial charge on any atom is -0.370 e. The highest BCUT2D eigenvalue weighted by Crippen LogP contribution is 2.34. The predicted molar refractivity (Wildman–Crippen MR) is 108 cm³/mol. The Morgan fingerprint density at radius 1 is 1.00 bits per heavy atom. The van der Waals surface area contributed by atoms with Crippen LogP contribution in [0, 0.1) is 13.8 Å². The Bertz CT molecular complexity index is 910. The number of hydrogen-bond donors (Lipinski definition) is 1. The molecule has 0 radical (unpaired) electrons. The summed E-state index contributed by atoms with van der Waals surface area (Å²) in [5.41, 5.74) is 7.32. The molecule has 1 N–H and O–H groups in total. The maximum Gasteiger partial charge on any atom is 0.133 e. The fourth-order valence-electron chi connectivity index (χ4n) is 3.39. The SMILES string of the molecule is Cc1ccc(-n2nc(-c3ccc(Br)cc3)c3c2NCCCC3)cc1C. The van der Waals surface area contributed by atoms with Gasteiger partial charge in [-0.2, -0.15) is 5.10 Å². The van der Waals surface area contributed by atoms with E-state index in [0.29, 0.717) is 0 Å². The molecule has 0 saturated heterocycles. The monoisotopic (exact) mass is 395 g/mol. The molecule has 1 aliphatic heterocycles. The second kappa shape index (κ2) is 6.68. The van der Waals surface area contributed by atoms with Crippen LogP contribution in [0.15, 0.2) is 46.9 Å². The van der Waals surface area contributed by atoms with Gasteiger partial charge in [0.1, 0.15) is 5.82 Å². The summed E-state index contributed by atoms with van der Waals surface area (Å²) in [5, 5.41) is 8.63. The van der Waals surface area contributed by atoms with Crippen molar-refractivity contribution in [1.29, 1.82) is 0 Å². The summed E-state index contributed by atoms with van der Waals surface area (Å²) in [6.07, 6.45) is 3.46. The number of aryl methyl sites for hydroxylation is 2. The average Bonchev–Trinajstić information content (AvgIpc) is 2.80. The Hall–Kier alpha value is -2.07. The second-order valence-corrected chi connectivity index (χ2v) is 7.66. The number of halogens is 1. The standard InChI is InChI=1S/C21H22BrN3/c1-14-6-11-18(13-15(14)2)25-21-19(5-3-4-12-23-21)20(24-25)16-7-9-17(22)10-8-16/h6-11,13,23H,3-5,12H2,1-2H3. The summed E-state index contributed by atoms with van der Waals surface area (Å²) in [6.45, 7) is 5.31. The number of fused-ring (bicyclic) bond motifs is 1. The Balaban J connectivity index is 1.89. The Labute approximate surface area is 157 Å². The molecule has 4 rings (SSSR count). The van der Waals surface area contributed by atoms with Crippen LogP contribution in [0.3, 0.4) is 0 Å². The molecule has 0 bridgehead atoms. The molecule has 4 heteroatoms. The highest BCUT2D eigenvalue weighted by Gasteiger charge is 2.21. The van der Waals surface area contributed by atoms with Crippen LogP contribution in [0.4, 0.5) is 5.82 Å². The van der Waals surface area contributed by atoms with Crippen molar-refractivity contribution in [3.8, 4) is 16.9 Å². The first-order valence-corrected chi connectivity index (χ1v) is 9.62. The van der Waals surface area contributed by atoms with Crippen molar-refractivity contribution < 1.29 is 0 Å². The van der Waals surface area contributed by atoms with Gasteiger partial charge in [-0.25, -0.2) is 4.68 Å². The molecule has 0 aliphatic carbocycles. The lowest BCUT2D eigenvalue weighted by Gasteiger charge is -2.10. The van der Waals surface area contributed by atoms with E-state index in [0.717, 1.165) is 34.6 Å². The molecule has 0 unspecified atom stereocenters. The number of nitrogens with one attached hydrogen (secondary N) is 1. The third-order valence-corrected chi connectivity index (χ3v) is 5.51. The van der Waals surface area contributed by atoms with Gasteiger partial charge < -0.3 is 5.32 Å². The maximum absolute atomic E-state index is 5.01. The van der Waals surface area contributed by atoms with Gasteiger partial charge in [-0.3, -0.25) is 0 Å². The van der Waals surface area contributed by atoms with Crippen LogP contribution >= 0.6 is 15.9 Å². The molecule has 0 saturated carbocycles. The lowest BCUT2D eigenvalue weighted by molar-refractivity contribution is 0.780. The molecule has 25 heavy (non-hydrogen) atoms. The molecular formula is C21H22BrN3. The van der Waals surface area contributed by atoms with Crippen molar-refractivity contribution in [3.05, 3.63) is 63.6 Å². The summed E-state index contributed by atoms with van der Waals surface area (Å²) in [7, 11) is 0. The number of hydrogen-bond acceptors (Lipinski definition) is 2. The first kappa shape index (κ1) is 16.4. The summed E-state index contributed by atoms with van der Waals surface area (Å²) in [6, 6.07) is 15.0. The van der Waals surface area contributed by atoms with Crippen LogP contribution in [-0.4, -0.2) is 16.3 Å². The third kappa shape index (κ3) is 3.11. The largest absolute Gasteiger partial charge is 0.370 e. The van der Waals surface area contributed by atoms with E-state index in [1.54, 1.807) is 0 Å². The highest BCUT2D eigenvalue weighted by molar-refractivity contribution is 9.10. The second-order valence-electron chi connectivity index (χ2n) is 6.75.